The zero-order valence-corrected chi connectivity index (χ0v) is 8.54. The van der Waals surface area contributed by atoms with Crippen LogP contribution in [-0.4, -0.2) is 24.9 Å². The Morgan fingerprint density at radius 1 is 1.38 bits per heavy atom. The van der Waals surface area contributed by atoms with Gasteiger partial charge in [0, 0.05) is 0 Å². The van der Waals surface area contributed by atoms with Gasteiger partial charge in [0.25, 0.3) is 0 Å². The van der Waals surface area contributed by atoms with Crippen LogP contribution in [0.3, 0.4) is 0 Å². The Labute approximate surface area is 79.1 Å². The predicted molar refractivity (Wildman–Crippen MR) is 50.2 cm³/mol. The molecule has 0 saturated carbocycles. The van der Waals surface area contributed by atoms with E-state index < -0.39 is 22.2 Å². The lowest BCUT2D eigenvalue weighted by Crippen LogP contribution is -2.16. The molecule has 0 spiro atoms. The zero-order chi connectivity index (χ0) is 10.4. The molecule has 1 atom stereocenters. The number of aliphatic carboxylic acids is 1. The van der Waals surface area contributed by atoms with E-state index in [9.17, 15) is 13.2 Å². The van der Waals surface area contributed by atoms with Gasteiger partial charge in [-0.15, -0.1) is 0 Å². The van der Waals surface area contributed by atoms with Crippen LogP contribution in [0.5, 0.6) is 0 Å². The molecule has 0 aliphatic heterocycles. The van der Waals surface area contributed by atoms with E-state index in [0.717, 1.165) is 5.37 Å². The fraction of sp³-hybridized carbons (Fsp3) is 0.750. The van der Waals surface area contributed by atoms with Crippen LogP contribution < -0.4 is 0 Å². The van der Waals surface area contributed by atoms with Gasteiger partial charge >= 0.3 is 5.97 Å². The third-order valence-corrected chi connectivity index (χ3v) is 2.20. The van der Waals surface area contributed by atoms with Crippen LogP contribution in [0.1, 0.15) is 26.7 Å². The average Bonchev–Trinajstić information content (AvgIpc) is 1.96. The van der Waals surface area contributed by atoms with Gasteiger partial charge < -0.3 is 5.11 Å². The van der Waals surface area contributed by atoms with Crippen molar-refractivity contribution in [3.8, 4) is 0 Å². The van der Waals surface area contributed by atoms with Crippen molar-refractivity contribution in [1.29, 1.82) is 0 Å². The topological polar surface area (TPSA) is 71.4 Å². The number of hydrogen-bond donors (Lipinski definition) is 1. The van der Waals surface area contributed by atoms with Crippen LogP contribution in [0.4, 0.5) is 0 Å². The Balaban J connectivity index is 4.28. The summed E-state index contributed by atoms with van der Waals surface area (Å²) in [5.74, 6) is -1.57. The van der Waals surface area contributed by atoms with E-state index in [1.54, 1.807) is 0 Å². The summed E-state index contributed by atoms with van der Waals surface area (Å²) in [7, 11) is -2.39. The van der Waals surface area contributed by atoms with Crippen LogP contribution in [-0.2, 0) is 15.1 Å². The number of carboxylic acids is 1. The molecule has 0 aromatic heterocycles. The molecule has 0 fully saturated rings. The van der Waals surface area contributed by atoms with Crippen LogP contribution >= 0.6 is 0 Å². The maximum atomic E-state index is 10.5. The molecule has 0 heterocycles. The van der Waals surface area contributed by atoms with Gasteiger partial charge in [0.15, 0.2) is 0 Å². The molecule has 0 saturated heterocycles. The molecule has 0 aliphatic rings. The second kappa shape index (κ2) is 5.75. The molecule has 1 N–H and O–H groups in total. The molecule has 0 aromatic rings. The Hall–Kier alpha value is -0.840. The van der Waals surface area contributed by atoms with E-state index in [4.69, 9.17) is 5.11 Å². The van der Waals surface area contributed by atoms with Crippen molar-refractivity contribution in [3.05, 3.63) is 0 Å². The summed E-state index contributed by atoms with van der Waals surface area (Å²) in [6, 6.07) is 0. The van der Waals surface area contributed by atoms with E-state index in [1.807, 2.05) is 13.8 Å². The second-order valence-electron chi connectivity index (χ2n) is 3.31. The van der Waals surface area contributed by atoms with Crippen molar-refractivity contribution >= 4 is 21.6 Å². The smallest absolute Gasteiger partial charge is 0.311 e. The Kier molecular flexibility index (Phi) is 5.37. The molecule has 0 radical (unpaired) electrons. The minimum atomic E-state index is -2.39. The molecule has 13 heavy (non-hydrogen) atoms. The monoisotopic (exact) mass is 206 g/mol. The molecule has 0 aromatic carbocycles. The zero-order valence-electron chi connectivity index (χ0n) is 7.73. The van der Waals surface area contributed by atoms with E-state index in [-0.39, 0.29) is 0 Å². The Morgan fingerprint density at radius 2 is 1.92 bits per heavy atom. The first-order chi connectivity index (χ1) is 5.93. The summed E-state index contributed by atoms with van der Waals surface area (Å²) in [5, 5.41) is 9.47. The fourth-order valence-electron chi connectivity index (χ4n) is 0.897. The summed E-state index contributed by atoms with van der Waals surface area (Å²) in [6.07, 6.45) is 1.09. The Bertz CT molecular complexity index is 281. The highest BCUT2D eigenvalue weighted by molar-refractivity contribution is 7.71. The van der Waals surface area contributed by atoms with E-state index in [0.29, 0.717) is 18.8 Å². The predicted octanol–water partition coefficient (Wildman–Crippen LogP) is 0.805. The number of carboxylic acid groups (broad SMARTS) is 1. The molecule has 0 rings (SSSR count). The molecule has 0 aliphatic carbocycles. The van der Waals surface area contributed by atoms with Crippen molar-refractivity contribution in [2.24, 2.45) is 11.8 Å². The van der Waals surface area contributed by atoms with Crippen LogP contribution in [0.2, 0.25) is 0 Å². The van der Waals surface area contributed by atoms with Crippen LogP contribution in [0, 0.1) is 11.8 Å². The van der Waals surface area contributed by atoms with Crippen LogP contribution in [0.15, 0.2) is 0 Å². The molecule has 76 valence electrons. The summed E-state index contributed by atoms with van der Waals surface area (Å²) >= 11 is 0. The third kappa shape index (κ3) is 6.33. The van der Waals surface area contributed by atoms with Crippen LogP contribution in [0.25, 0.3) is 0 Å². The standard InChI is InChI=1S/C8H14O4S/c1-6(2)3-4-7(8(9)10)5-13(11)12/h5-7H,3-4H2,1-2H3,(H,9,10). The quantitative estimate of drug-likeness (QED) is 0.675. The number of hydrogen-bond acceptors (Lipinski definition) is 3. The molecule has 1 unspecified atom stereocenters. The van der Waals surface area contributed by atoms with Gasteiger partial charge in [-0.25, -0.2) is 0 Å². The first kappa shape index (κ1) is 12.2. The van der Waals surface area contributed by atoms with Gasteiger partial charge in [0.2, 0.25) is 10.3 Å². The molecule has 0 amide bonds. The highest BCUT2D eigenvalue weighted by Crippen LogP contribution is 2.10. The third-order valence-electron chi connectivity index (χ3n) is 1.65. The first-order valence-corrected chi connectivity index (χ1v) is 5.23. The summed E-state index contributed by atoms with van der Waals surface area (Å²) in [5.41, 5.74) is 0. The highest BCUT2D eigenvalue weighted by Gasteiger charge is 2.15. The normalized spacial score (nSPS) is 12.5. The fourth-order valence-corrected chi connectivity index (χ4v) is 1.42. The lowest BCUT2D eigenvalue weighted by atomic mass is 10.00. The second-order valence-corrected chi connectivity index (χ2v) is 4.11. The van der Waals surface area contributed by atoms with Gasteiger partial charge in [-0.2, -0.15) is 8.42 Å². The van der Waals surface area contributed by atoms with Crippen molar-refractivity contribution in [2.75, 3.05) is 0 Å². The Morgan fingerprint density at radius 3 is 2.23 bits per heavy atom. The number of rotatable bonds is 5. The minimum absolute atomic E-state index is 0.376. The minimum Gasteiger partial charge on any atom is -0.481 e. The largest absolute Gasteiger partial charge is 0.481 e. The van der Waals surface area contributed by atoms with Crippen molar-refractivity contribution < 1.29 is 18.3 Å². The average molecular weight is 206 g/mol. The van der Waals surface area contributed by atoms with Gasteiger partial charge in [-0.05, 0) is 18.8 Å². The molecule has 5 heteroatoms. The maximum absolute atomic E-state index is 10.5. The first-order valence-electron chi connectivity index (χ1n) is 4.09. The lowest BCUT2D eigenvalue weighted by molar-refractivity contribution is -0.139. The van der Waals surface area contributed by atoms with Crippen molar-refractivity contribution in [3.63, 3.8) is 0 Å². The maximum Gasteiger partial charge on any atom is 0.311 e. The molecule has 4 nitrogen and oxygen atoms in total. The van der Waals surface area contributed by atoms with Gasteiger partial charge in [0.1, 0.15) is 0 Å². The summed E-state index contributed by atoms with van der Waals surface area (Å²) in [4.78, 5) is 10.5. The summed E-state index contributed by atoms with van der Waals surface area (Å²) in [6.45, 7) is 3.93. The van der Waals surface area contributed by atoms with Gasteiger partial charge in [-0.3, -0.25) is 4.79 Å². The van der Waals surface area contributed by atoms with Gasteiger partial charge in [0.05, 0.1) is 11.3 Å². The van der Waals surface area contributed by atoms with E-state index >= 15 is 0 Å². The highest BCUT2D eigenvalue weighted by atomic mass is 32.2. The molecular formula is C8H14O4S. The lowest BCUT2D eigenvalue weighted by Gasteiger charge is -2.07. The van der Waals surface area contributed by atoms with Crippen molar-refractivity contribution in [2.45, 2.75) is 26.7 Å². The SMILES string of the molecule is CC(C)CCC(C=S(=O)=O)C(=O)O. The van der Waals surface area contributed by atoms with Crippen molar-refractivity contribution in [1.82, 2.24) is 0 Å². The molecule has 0 bridgehead atoms. The summed E-state index contributed by atoms with van der Waals surface area (Å²) < 4.78 is 20.5. The van der Waals surface area contributed by atoms with E-state index in [2.05, 4.69) is 0 Å². The van der Waals surface area contributed by atoms with Gasteiger partial charge in [-0.1, -0.05) is 13.8 Å². The van der Waals surface area contributed by atoms with E-state index in [1.165, 1.54) is 0 Å². The molecular weight excluding hydrogens is 192 g/mol. The number of carbonyl (C=O) groups is 1.